The molecule has 0 aliphatic carbocycles. The minimum absolute atomic E-state index is 0.162. The van der Waals surface area contributed by atoms with Gasteiger partial charge in [-0.15, -0.1) is 0 Å². The van der Waals surface area contributed by atoms with Crippen molar-refractivity contribution in [2.75, 3.05) is 26.0 Å². The van der Waals surface area contributed by atoms with Crippen LogP contribution in [0.1, 0.15) is 6.92 Å². The summed E-state index contributed by atoms with van der Waals surface area (Å²) in [6, 6.07) is 4.91. The summed E-state index contributed by atoms with van der Waals surface area (Å²) < 4.78 is 25.6. The summed E-state index contributed by atoms with van der Waals surface area (Å²) in [5.41, 5.74) is 0. The maximum atomic E-state index is 12.2. The van der Waals surface area contributed by atoms with Crippen molar-refractivity contribution >= 4 is 15.8 Å². The van der Waals surface area contributed by atoms with Crippen molar-refractivity contribution in [1.82, 2.24) is 9.29 Å². The van der Waals surface area contributed by atoms with Gasteiger partial charge in [0.25, 0.3) is 0 Å². The molecule has 0 aliphatic rings. The van der Waals surface area contributed by atoms with E-state index in [2.05, 4.69) is 10.3 Å². The van der Waals surface area contributed by atoms with Crippen LogP contribution in [0.4, 0.5) is 5.82 Å². The lowest BCUT2D eigenvalue weighted by Crippen LogP contribution is -2.30. The van der Waals surface area contributed by atoms with Crippen molar-refractivity contribution in [3.8, 4) is 6.07 Å². The Kier molecular flexibility index (Phi) is 4.64. The maximum Gasteiger partial charge on any atom is 0.243 e. The predicted molar refractivity (Wildman–Crippen MR) is 68.4 cm³/mol. The van der Waals surface area contributed by atoms with E-state index in [0.29, 0.717) is 5.82 Å². The van der Waals surface area contributed by atoms with E-state index in [1.807, 2.05) is 6.07 Å². The highest BCUT2D eigenvalue weighted by Crippen LogP contribution is 2.17. The van der Waals surface area contributed by atoms with E-state index in [1.54, 1.807) is 14.0 Å². The molecule has 0 spiro atoms. The van der Waals surface area contributed by atoms with Crippen molar-refractivity contribution in [2.24, 2.45) is 5.92 Å². The van der Waals surface area contributed by atoms with E-state index < -0.39 is 10.0 Å². The first-order valence-electron chi connectivity index (χ1n) is 5.41. The van der Waals surface area contributed by atoms with Gasteiger partial charge in [0.05, 0.1) is 16.9 Å². The predicted octanol–water partition coefficient (Wildman–Crippen LogP) is 0.903. The normalized spacial score (nSPS) is 13.1. The second kappa shape index (κ2) is 5.80. The number of hydrogen-bond donors (Lipinski definition) is 1. The van der Waals surface area contributed by atoms with Crippen LogP contribution in [0.15, 0.2) is 23.2 Å². The number of nitrogens with one attached hydrogen (secondary N) is 1. The summed E-state index contributed by atoms with van der Waals surface area (Å²) in [5.74, 6) is 0.133. The number of aromatic nitrogens is 1. The lowest BCUT2D eigenvalue weighted by Gasteiger charge is -2.18. The fourth-order valence-electron chi connectivity index (χ4n) is 1.41. The van der Waals surface area contributed by atoms with Gasteiger partial charge in [0.15, 0.2) is 0 Å². The Morgan fingerprint density at radius 3 is 2.83 bits per heavy atom. The molecule has 0 bridgehead atoms. The van der Waals surface area contributed by atoms with Gasteiger partial charge >= 0.3 is 0 Å². The summed E-state index contributed by atoms with van der Waals surface area (Å²) in [4.78, 5) is 4.12. The van der Waals surface area contributed by atoms with Gasteiger partial charge in [-0.2, -0.15) is 9.57 Å². The van der Waals surface area contributed by atoms with Crippen LogP contribution in [0.2, 0.25) is 0 Å². The van der Waals surface area contributed by atoms with Gasteiger partial charge in [-0.1, -0.05) is 0 Å². The van der Waals surface area contributed by atoms with Crippen molar-refractivity contribution < 1.29 is 8.42 Å². The Labute approximate surface area is 107 Å². The van der Waals surface area contributed by atoms with Crippen molar-refractivity contribution in [3.05, 3.63) is 18.3 Å². The molecule has 98 valence electrons. The molecule has 1 aromatic heterocycles. The molecular weight excluding hydrogens is 252 g/mol. The molecule has 0 aliphatic heterocycles. The molecule has 0 fully saturated rings. The molecule has 0 saturated carbocycles. The second-order valence-corrected chi connectivity index (χ2v) is 5.99. The van der Waals surface area contributed by atoms with Crippen LogP contribution in [0.5, 0.6) is 0 Å². The van der Waals surface area contributed by atoms with Gasteiger partial charge in [0, 0.05) is 32.9 Å². The Morgan fingerprint density at radius 2 is 2.28 bits per heavy atom. The van der Waals surface area contributed by atoms with E-state index in [4.69, 9.17) is 5.26 Å². The van der Waals surface area contributed by atoms with E-state index >= 15 is 0 Å². The van der Waals surface area contributed by atoms with E-state index in [9.17, 15) is 8.42 Å². The molecule has 1 unspecified atom stereocenters. The molecule has 1 rings (SSSR count). The minimum Gasteiger partial charge on any atom is -0.373 e. The average molecular weight is 268 g/mol. The summed E-state index contributed by atoms with van der Waals surface area (Å²) in [5, 5.41) is 11.5. The number of nitriles is 1. The monoisotopic (exact) mass is 268 g/mol. The smallest absolute Gasteiger partial charge is 0.243 e. The van der Waals surface area contributed by atoms with E-state index in [1.165, 1.54) is 29.7 Å². The minimum atomic E-state index is -3.57. The third-order valence-corrected chi connectivity index (χ3v) is 4.27. The summed E-state index contributed by atoms with van der Waals surface area (Å²) in [6.45, 7) is 1.84. The Balaban J connectivity index is 3.02. The van der Waals surface area contributed by atoms with Crippen molar-refractivity contribution in [1.29, 1.82) is 5.26 Å². The Morgan fingerprint density at radius 1 is 1.61 bits per heavy atom. The van der Waals surface area contributed by atoms with Crippen molar-refractivity contribution in [3.63, 3.8) is 0 Å². The molecule has 1 heterocycles. The molecule has 0 radical (unpaired) electrons. The third-order valence-electron chi connectivity index (χ3n) is 2.45. The molecule has 1 atom stereocenters. The standard InChI is InChI=1S/C11H16N4O2S/c1-9(7-12)8-15(3)18(16,17)10-4-5-14-11(6-10)13-2/h4-6,9H,8H2,1-3H3,(H,13,14). The zero-order valence-corrected chi connectivity index (χ0v) is 11.4. The molecule has 6 nitrogen and oxygen atoms in total. The Hall–Kier alpha value is -1.65. The van der Waals surface area contributed by atoms with E-state index in [-0.39, 0.29) is 17.4 Å². The molecule has 1 aromatic rings. The van der Waals surface area contributed by atoms with Gasteiger partial charge in [-0.3, -0.25) is 0 Å². The van der Waals surface area contributed by atoms with E-state index in [0.717, 1.165) is 0 Å². The molecule has 0 aromatic carbocycles. The second-order valence-electron chi connectivity index (χ2n) is 3.94. The van der Waals surface area contributed by atoms with Crippen LogP contribution in [-0.2, 0) is 10.0 Å². The zero-order valence-electron chi connectivity index (χ0n) is 10.6. The van der Waals surface area contributed by atoms with Crippen LogP contribution < -0.4 is 5.32 Å². The molecule has 7 heteroatoms. The molecular formula is C11H16N4O2S. The highest BCUT2D eigenvalue weighted by molar-refractivity contribution is 7.89. The van der Waals surface area contributed by atoms with Crippen LogP contribution in [-0.4, -0.2) is 38.3 Å². The van der Waals surface area contributed by atoms with Gasteiger partial charge in [0.1, 0.15) is 5.82 Å². The first-order chi connectivity index (χ1) is 8.41. The number of anilines is 1. The topological polar surface area (TPSA) is 86.1 Å². The summed E-state index contributed by atoms with van der Waals surface area (Å²) in [6.07, 6.45) is 1.43. The fourth-order valence-corrected chi connectivity index (χ4v) is 2.69. The van der Waals surface area contributed by atoms with Gasteiger partial charge < -0.3 is 5.32 Å². The van der Waals surface area contributed by atoms with Gasteiger partial charge in [0.2, 0.25) is 10.0 Å². The highest BCUT2D eigenvalue weighted by atomic mass is 32.2. The third kappa shape index (κ3) is 3.18. The number of sulfonamides is 1. The fraction of sp³-hybridized carbons (Fsp3) is 0.455. The van der Waals surface area contributed by atoms with Crippen LogP contribution >= 0.6 is 0 Å². The molecule has 18 heavy (non-hydrogen) atoms. The van der Waals surface area contributed by atoms with Gasteiger partial charge in [-0.05, 0) is 13.0 Å². The molecule has 0 amide bonds. The molecule has 1 N–H and O–H groups in total. The quantitative estimate of drug-likeness (QED) is 0.857. The number of hydrogen-bond acceptors (Lipinski definition) is 5. The lowest BCUT2D eigenvalue weighted by atomic mass is 10.2. The largest absolute Gasteiger partial charge is 0.373 e. The van der Waals surface area contributed by atoms with Gasteiger partial charge in [-0.25, -0.2) is 13.4 Å². The number of pyridine rings is 1. The lowest BCUT2D eigenvalue weighted by molar-refractivity contribution is 0.439. The molecule has 0 saturated heterocycles. The first-order valence-corrected chi connectivity index (χ1v) is 6.85. The SMILES string of the molecule is CNc1cc(S(=O)(=O)N(C)CC(C)C#N)ccn1. The summed E-state index contributed by atoms with van der Waals surface area (Å²) in [7, 11) is -0.447. The number of nitrogens with zero attached hydrogens (tertiary/aromatic N) is 3. The van der Waals surface area contributed by atoms with Crippen LogP contribution in [0.3, 0.4) is 0 Å². The van der Waals surface area contributed by atoms with Crippen LogP contribution in [0.25, 0.3) is 0 Å². The van der Waals surface area contributed by atoms with Crippen molar-refractivity contribution in [2.45, 2.75) is 11.8 Å². The first kappa shape index (κ1) is 14.4. The average Bonchev–Trinajstić information content (AvgIpc) is 2.38. The summed E-state index contributed by atoms with van der Waals surface area (Å²) >= 11 is 0. The van der Waals surface area contributed by atoms with Crippen LogP contribution in [0, 0.1) is 17.2 Å². The number of rotatable bonds is 5. The highest BCUT2D eigenvalue weighted by Gasteiger charge is 2.22. The Bertz CT molecular complexity index is 550. The zero-order chi connectivity index (χ0) is 13.8. The maximum absolute atomic E-state index is 12.2.